The number of carbonyl (C=O) groups excluding carboxylic acids is 1. The van der Waals surface area contributed by atoms with Crippen LogP contribution in [-0.4, -0.2) is 24.8 Å². The topological polar surface area (TPSA) is 50.4 Å². The zero-order chi connectivity index (χ0) is 14.5. The zero-order valence-electron chi connectivity index (χ0n) is 11.2. The summed E-state index contributed by atoms with van der Waals surface area (Å²) >= 11 is 9.39. The number of halogens is 2. The summed E-state index contributed by atoms with van der Waals surface area (Å²) in [5.74, 6) is 0. The van der Waals surface area contributed by atoms with Crippen LogP contribution in [0.3, 0.4) is 0 Å². The van der Waals surface area contributed by atoms with Gasteiger partial charge >= 0.3 is 6.09 Å². The van der Waals surface area contributed by atoms with Crippen molar-refractivity contribution in [1.82, 2.24) is 5.32 Å². The van der Waals surface area contributed by atoms with Crippen molar-refractivity contribution in [2.75, 3.05) is 18.4 Å². The van der Waals surface area contributed by atoms with Crippen LogP contribution in [0.2, 0.25) is 5.02 Å². The minimum absolute atomic E-state index is 0.420. The molecule has 1 aromatic rings. The van der Waals surface area contributed by atoms with Gasteiger partial charge in [-0.05, 0) is 39.0 Å². The third kappa shape index (κ3) is 6.68. The summed E-state index contributed by atoms with van der Waals surface area (Å²) in [6, 6.07) is 5.58. The highest BCUT2D eigenvalue weighted by Gasteiger charge is 2.15. The summed E-state index contributed by atoms with van der Waals surface area (Å²) in [5, 5.41) is 6.43. The first kappa shape index (κ1) is 16.1. The summed E-state index contributed by atoms with van der Waals surface area (Å²) in [6.07, 6.45) is -0.420. The van der Waals surface area contributed by atoms with Crippen LogP contribution in [0, 0.1) is 0 Å². The first-order valence-corrected chi connectivity index (χ1v) is 7.11. The molecule has 0 saturated carbocycles. The smallest absolute Gasteiger partial charge is 0.407 e. The van der Waals surface area contributed by atoms with Crippen molar-refractivity contribution >= 4 is 39.3 Å². The molecule has 0 unspecified atom stereocenters. The highest BCUT2D eigenvalue weighted by molar-refractivity contribution is 9.10. The van der Waals surface area contributed by atoms with Crippen molar-refractivity contribution in [1.29, 1.82) is 0 Å². The second-order valence-electron chi connectivity index (χ2n) is 4.98. The number of nitrogens with one attached hydrogen (secondary N) is 2. The number of carbonyl (C=O) groups is 1. The quantitative estimate of drug-likeness (QED) is 0.807. The Bertz CT molecular complexity index is 447. The lowest BCUT2D eigenvalue weighted by Crippen LogP contribution is -2.35. The lowest BCUT2D eigenvalue weighted by atomic mass is 10.2. The number of benzene rings is 1. The van der Waals surface area contributed by atoms with Gasteiger partial charge in [0.2, 0.25) is 0 Å². The molecule has 0 fully saturated rings. The van der Waals surface area contributed by atoms with Gasteiger partial charge in [0.25, 0.3) is 0 Å². The van der Waals surface area contributed by atoms with Crippen LogP contribution in [0.15, 0.2) is 22.7 Å². The molecule has 2 N–H and O–H groups in total. The lowest BCUT2D eigenvalue weighted by molar-refractivity contribution is 0.0530. The van der Waals surface area contributed by atoms with Gasteiger partial charge in [-0.15, -0.1) is 0 Å². The zero-order valence-corrected chi connectivity index (χ0v) is 13.6. The van der Waals surface area contributed by atoms with E-state index in [1.165, 1.54) is 0 Å². The second-order valence-corrected chi connectivity index (χ2v) is 6.30. The average molecular weight is 350 g/mol. The van der Waals surface area contributed by atoms with Crippen molar-refractivity contribution < 1.29 is 9.53 Å². The molecule has 0 bridgehead atoms. The van der Waals surface area contributed by atoms with Gasteiger partial charge in [-0.2, -0.15) is 0 Å². The molecule has 0 saturated heterocycles. The SMILES string of the molecule is CC(C)(C)OC(=O)NCCNc1ccc(Br)cc1Cl. The molecule has 4 nitrogen and oxygen atoms in total. The van der Waals surface area contributed by atoms with Gasteiger partial charge in [0.05, 0.1) is 10.7 Å². The molecule has 106 valence electrons. The molecule has 0 aliphatic rings. The van der Waals surface area contributed by atoms with Crippen molar-refractivity contribution in [2.24, 2.45) is 0 Å². The summed E-state index contributed by atoms with van der Waals surface area (Å²) in [6.45, 7) is 6.51. The maximum atomic E-state index is 11.4. The van der Waals surface area contributed by atoms with Crippen LogP contribution in [0.4, 0.5) is 10.5 Å². The van der Waals surface area contributed by atoms with Gasteiger partial charge in [-0.25, -0.2) is 4.79 Å². The Morgan fingerprint density at radius 1 is 1.37 bits per heavy atom. The Kier molecular flexibility index (Phi) is 5.94. The predicted octanol–water partition coefficient (Wildman–Crippen LogP) is 4.04. The lowest BCUT2D eigenvalue weighted by Gasteiger charge is -2.19. The first-order chi connectivity index (χ1) is 8.78. The molecule has 0 heterocycles. The molecule has 0 radical (unpaired) electrons. The van der Waals surface area contributed by atoms with E-state index in [1.54, 1.807) is 0 Å². The maximum Gasteiger partial charge on any atom is 0.407 e. The van der Waals surface area contributed by atoms with Crippen LogP contribution >= 0.6 is 27.5 Å². The van der Waals surface area contributed by atoms with Crippen LogP contribution in [-0.2, 0) is 4.74 Å². The van der Waals surface area contributed by atoms with Gasteiger partial charge < -0.3 is 15.4 Å². The van der Waals surface area contributed by atoms with E-state index in [-0.39, 0.29) is 0 Å². The number of anilines is 1. The number of hydrogen-bond acceptors (Lipinski definition) is 3. The Morgan fingerprint density at radius 3 is 2.63 bits per heavy atom. The monoisotopic (exact) mass is 348 g/mol. The van der Waals surface area contributed by atoms with Crippen molar-refractivity contribution in [3.63, 3.8) is 0 Å². The van der Waals surface area contributed by atoms with Gasteiger partial charge in [-0.1, -0.05) is 27.5 Å². The molecular weight excluding hydrogens is 332 g/mol. The predicted molar refractivity (Wildman–Crippen MR) is 81.9 cm³/mol. The third-order valence-corrected chi connectivity index (χ3v) is 2.85. The average Bonchev–Trinajstić information content (AvgIpc) is 2.24. The van der Waals surface area contributed by atoms with E-state index < -0.39 is 11.7 Å². The number of ether oxygens (including phenoxy) is 1. The van der Waals surface area contributed by atoms with E-state index in [2.05, 4.69) is 26.6 Å². The van der Waals surface area contributed by atoms with E-state index >= 15 is 0 Å². The summed E-state index contributed by atoms with van der Waals surface area (Å²) in [4.78, 5) is 11.4. The minimum Gasteiger partial charge on any atom is -0.444 e. The molecule has 19 heavy (non-hydrogen) atoms. The molecule has 0 spiro atoms. The molecule has 0 aliphatic carbocycles. The molecule has 0 aromatic heterocycles. The molecule has 0 aliphatic heterocycles. The molecule has 1 rings (SSSR count). The fraction of sp³-hybridized carbons (Fsp3) is 0.462. The van der Waals surface area contributed by atoms with Crippen LogP contribution in [0.5, 0.6) is 0 Å². The molecule has 0 atom stereocenters. The highest BCUT2D eigenvalue weighted by atomic mass is 79.9. The van der Waals surface area contributed by atoms with E-state index in [0.717, 1.165) is 10.2 Å². The van der Waals surface area contributed by atoms with Crippen molar-refractivity contribution in [3.05, 3.63) is 27.7 Å². The highest BCUT2D eigenvalue weighted by Crippen LogP contribution is 2.25. The Balaban J connectivity index is 2.29. The minimum atomic E-state index is -0.480. The number of amides is 1. The van der Waals surface area contributed by atoms with E-state index in [4.69, 9.17) is 16.3 Å². The Morgan fingerprint density at radius 2 is 2.05 bits per heavy atom. The van der Waals surface area contributed by atoms with E-state index in [9.17, 15) is 4.79 Å². The van der Waals surface area contributed by atoms with Crippen molar-refractivity contribution in [3.8, 4) is 0 Å². The Labute approximate surface area is 127 Å². The number of hydrogen-bond donors (Lipinski definition) is 2. The van der Waals surface area contributed by atoms with Crippen LogP contribution in [0.25, 0.3) is 0 Å². The second kappa shape index (κ2) is 7.01. The molecular formula is C13H18BrClN2O2. The maximum absolute atomic E-state index is 11.4. The van der Waals surface area contributed by atoms with Gasteiger partial charge in [0, 0.05) is 17.6 Å². The third-order valence-electron chi connectivity index (χ3n) is 2.04. The normalized spacial score (nSPS) is 11.0. The van der Waals surface area contributed by atoms with Crippen LogP contribution in [0.1, 0.15) is 20.8 Å². The summed E-state index contributed by atoms with van der Waals surface area (Å²) in [5.41, 5.74) is 0.350. The fourth-order valence-corrected chi connectivity index (χ4v) is 2.05. The van der Waals surface area contributed by atoms with Gasteiger partial charge in [0.1, 0.15) is 5.60 Å². The molecule has 1 amide bonds. The largest absolute Gasteiger partial charge is 0.444 e. The Hall–Kier alpha value is -0.940. The van der Waals surface area contributed by atoms with Crippen molar-refractivity contribution in [2.45, 2.75) is 26.4 Å². The molecule has 6 heteroatoms. The summed E-state index contributed by atoms with van der Waals surface area (Å²) < 4.78 is 6.05. The van der Waals surface area contributed by atoms with Gasteiger partial charge in [0.15, 0.2) is 0 Å². The first-order valence-electron chi connectivity index (χ1n) is 5.94. The van der Waals surface area contributed by atoms with E-state index in [1.807, 2.05) is 39.0 Å². The standard InChI is InChI=1S/C13H18BrClN2O2/c1-13(2,3)19-12(18)17-7-6-16-11-5-4-9(14)8-10(11)15/h4-5,8,16H,6-7H2,1-3H3,(H,17,18). The molecule has 1 aromatic carbocycles. The summed E-state index contributed by atoms with van der Waals surface area (Å²) in [7, 11) is 0. The van der Waals surface area contributed by atoms with E-state index in [0.29, 0.717) is 18.1 Å². The van der Waals surface area contributed by atoms with Gasteiger partial charge in [-0.3, -0.25) is 0 Å². The fourth-order valence-electron chi connectivity index (χ4n) is 1.31. The number of alkyl carbamates (subject to hydrolysis) is 1. The number of rotatable bonds is 4. The van der Waals surface area contributed by atoms with Crippen LogP contribution < -0.4 is 10.6 Å².